The molecule has 0 aromatic carbocycles. The summed E-state index contributed by atoms with van der Waals surface area (Å²) in [4.78, 5) is 12.9. The van der Waals surface area contributed by atoms with Gasteiger partial charge in [-0.15, -0.1) is 23.1 Å². The van der Waals surface area contributed by atoms with Crippen molar-refractivity contribution in [1.29, 1.82) is 0 Å². The molecule has 0 atom stereocenters. The molecule has 6 heteroatoms. The van der Waals surface area contributed by atoms with Crippen LogP contribution in [0.15, 0.2) is 16.3 Å². The number of carbonyl (C=O) groups excluding carboxylic acids is 1. The molecule has 0 fully saturated rings. The van der Waals surface area contributed by atoms with E-state index < -0.39 is 12.5 Å². The number of thioether (sulfide) groups is 1. The highest BCUT2D eigenvalue weighted by molar-refractivity contribution is 8.00. The van der Waals surface area contributed by atoms with E-state index in [0.29, 0.717) is 4.88 Å². The lowest BCUT2D eigenvalue weighted by Crippen LogP contribution is -2.18. The third kappa shape index (κ3) is 3.98. The van der Waals surface area contributed by atoms with Gasteiger partial charge in [0.15, 0.2) is 5.78 Å². The van der Waals surface area contributed by atoms with Crippen LogP contribution in [-0.2, 0) is 0 Å². The van der Waals surface area contributed by atoms with Crippen LogP contribution in [0.5, 0.6) is 0 Å². The molecule has 0 amide bonds. The zero-order valence-electron chi connectivity index (χ0n) is 10.9. The monoisotopic (exact) mass is 284 g/mol. The van der Waals surface area contributed by atoms with E-state index in [2.05, 4.69) is 0 Å². The van der Waals surface area contributed by atoms with Crippen molar-refractivity contribution in [2.75, 3.05) is 6.26 Å². The zero-order chi connectivity index (χ0) is 13.9. The van der Waals surface area contributed by atoms with E-state index >= 15 is 0 Å². The fraction of sp³-hybridized carbons (Fsp3) is 0.417. The molecule has 18 heavy (non-hydrogen) atoms. The van der Waals surface area contributed by atoms with Crippen molar-refractivity contribution in [3.63, 3.8) is 0 Å². The van der Waals surface area contributed by atoms with Crippen LogP contribution >= 0.6 is 23.1 Å². The normalized spacial score (nSPS) is 12.1. The summed E-state index contributed by atoms with van der Waals surface area (Å²) in [6.07, 6.45) is 3.57. The largest absolute Gasteiger partial charge is 0.480 e. The fourth-order valence-electron chi connectivity index (χ4n) is 1.34. The number of hydrogen-bond acceptors (Lipinski definition) is 5. The highest BCUT2D eigenvalue weighted by atomic mass is 32.2. The maximum absolute atomic E-state index is 12.2. The van der Waals surface area contributed by atoms with Crippen molar-refractivity contribution >= 4 is 42.1 Å². The van der Waals surface area contributed by atoms with Gasteiger partial charge >= 0.3 is 7.12 Å². The smallest absolute Gasteiger partial charge is 0.424 e. The molecule has 0 spiro atoms. The molecule has 1 aromatic rings. The van der Waals surface area contributed by atoms with E-state index in [4.69, 9.17) is 10.0 Å². The van der Waals surface area contributed by atoms with Gasteiger partial charge in [0, 0.05) is 5.41 Å². The lowest BCUT2D eigenvalue weighted by Gasteiger charge is -2.14. The lowest BCUT2D eigenvalue weighted by atomic mass is 9.89. The summed E-state index contributed by atoms with van der Waals surface area (Å²) in [6.45, 7) is 5.67. The number of hydrogen-bond donors (Lipinski definition) is 2. The molecule has 1 aromatic heterocycles. The van der Waals surface area contributed by atoms with Crippen molar-refractivity contribution in [1.82, 2.24) is 0 Å². The van der Waals surface area contributed by atoms with Crippen LogP contribution in [0.2, 0.25) is 0 Å². The summed E-state index contributed by atoms with van der Waals surface area (Å²) in [6, 6.07) is 1.81. The highest BCUT2D eigenvalue weighted by Gasteiger charge is 2.25. The Morgan fingerprint density at radius 3 is 2.50 bits per heavy atom. The van der Waals surface area contributed by atoms with E-state index in [1.165, 1.54) is 17.3 Å². The number of rotatable bonds is 4. The molecular formula is C12H17BO3S2. The Labute approximate surface area is 116 Å². The van der Waals surface area contributed by atoms with Crippen molar-refractivity contribution in [2.45, 2.75) is 25.0 Å². The first-order chi connectivity index (χ1) is 8.25. The summed E-state index contributed by atoms with van der Waals surface area (Å²) in [5.41, 5.74) is 0.450. The maximum atomic E-state index is 12.2. The van der Waals surface area contributed by atoms with Gasteiger partial charge in [0.1, 0.15) is 0 Å². The van der Waals surface area contributed by atoms with E-state index in [-0.39, 0.29) is 5.78 Å². The van der Waals surface area contributed by atoms with Gasteiger partial charge in [0.05, 0.1) is 9.09 Å². The molecule has 1 heterocycles. The Hall–Kier alpha value is -0.555. The van der Waals surface area contributed by atoms with Crippen molar-refractivity contribution in [3.05, 3.63) is 22.5 Å². The van der Waals surface area contributed by atoms with Gasteiger partial charge in [-0.2, -0.15) is 0 Å². The van der Waals surface area contributed by atoms with Gasteiger partial charge in [-0.1, -0.05) is 32.8 Å². The maximum Gasteiger partial charge on any atom is 0.480 e. The third-order valence-electron chi connectivity index (χ3n) is 2.26. The summed E-state index contributed by atoms with van der Waals surface area (Å²) in [5.74, 6) is 1.39. The zero-order valence-corrected chi connectivity index (χ0v) is 12.6. The van der Waals surface area contributed by atoms with Crippen LogP contribution in [0, 0.1) is 5.41 Å². The van der Waals surface area contributed by atoms with Gasteiger partial charge in [-0.25, -0.2) is 0 Å². The molecule has 0 saturated carbocycles. The Morgan fingerprint density at radius 1 is 1.44 bits per heavy atom. The number of thiophene rings is 1. The van der Waals surface area contributed by atoms with Gasteiger partial charge in [0.2, 0.25) is 0 Å². The van der Waals surface area contributed by atoms with Gasteiger partial charge in [-0.05, 0) is 17.9 Å². The topological polar surface area (TPSA) is 57.5 Å². The quantitative estimate of drug-likeness (QED) is 0.507. The van der Waals surface area contributed by atoms with Crippen molar-refractivity contribution in [2.24, 2.45) is 5.41 Å². The molecule has 98 valence electrons. The minimum absolute atomic E-state index is 0.104. The van der Waals surface area contributed by atoms with E-state index in [1.54, 1.807) is 17.8 Å². The molecular weight excluding hydrogens is 267 g/mol. The molecule has 0 aliphatic carbocycles. The molecule has 1 rings (SSSR count). The van der Waals surface area contributed by atoms with E-state index in [0.717, 1.165) is 9.77 Å². The Morgan fingerprint density at radius 2 is 2.06 bits per heavy atom. The summed E-state index contributed by atoms with van der Waals surface area (Å²) >= 11 is 2.99. The van der Waals surface area contributed by atoms with E-state index in [1.807, 2.05) is 33.1 Å². The second-order valence-electron chi connectivity index (χ2n) is 4.91. The first-order valence-corrected chi connectivity index (χ1v) is 7.57. The number of carbonyl (C=O) groups is 1. The first-order valence-electron chi connectivity index (χ1n) is 5.52. The number of ketones is 1. The molecule has 0 saturated heterocycles. The highest BCUT2D eigenvalue weighted by Crippen LogP contribution is 2.34. The average molecular weight is 284 g/mol. The molecule has 0 unspecified atom stereocenters. The van der Waals surface area contributed by atoms with Crippen LogP contribution in [0.1, 0.15) is 36.0 Å². The lowest BCUT2D eigenvalue weighted by molar-refractivity contribution is 0.0863. The summed E-state index contributed by atoms with van der Waals surface area (Å²) < 4.78 is 1.000. The van der Waals surface area contributed by atoms with Gasteiger partial charge in [0.25, 0.3) is 0 Å². The molecule has 2 N–H and O–H groups in total. The Kier molecular flexibility index (Phi) is 5.22. The second kappa shape index (κ2) is 6.06. The van der Waals surface area contributed by atoms with Crippen LogP contribution in [0.3, 0.4) is 0 Å². The van der Waals surface area contributed by atoms with Crippen LogP contribution in [0.4, 0.5) is 0 Å². The predicted molar refractivity (Wildman–Crippen MR) is 79.1 cm³/mol. The van der Waals surface area contributed by atoms with Gasteiger partial charge < -0.3 is 10.0 Å². The average Bonchev–Trinajstić information content (AvgIpc) is 2.66. The van der Waals surface area contributed by atoms with Crippen LogP contribution in [0.25, 0.3) is 6.08 Å². The molecule has 0 aliphatic heterocycles. The SMILES string of the molecule is CSc1sc(C(=O)C(C)(C)C)cc1/C=C/B(O)O. The van der Waals surface area contributed by atoms with Crippen LogP contribution in [-0.4, -0.2) is 29.2 Å². The van der Waals surface area contributed by atoms with E-state index in [9.17, 15) is 4.79 Å². The van der Waals surface area contributed by atoms with Gasteiger partial charge in [-0.3, -0.25) is 4.79 Å². The fourth-order valence-corrected chi connectivity index (χ4v) is 3.33. The first kappa shape index (κ1) is 15.5. The predicted octanol–water partition coefficient (Wildman–Crippen LogP) is 2.72. The summed E-state index contributed by atoms with van der Waals surface area (Å²) in [5, 5.41) is 17.6. The molecule has 0 bridgehead atoms. The minimum atomic E-state index is -1.47. The second-order valence-corrected chi connectivity index (χ2v) is 7.04. The summed E-state index contributed by atoms with van der Waals surface area (Å²) in [7, 11) is -1.47. The molecule has 0 aliphatic rings. The van der Waals surface area contributed by atoms with Crippen LogP contribution < -0.4 is 0 Å². The Bertz CT molecular complexity index is 458. The minimum Gasteiger partial charge on any atom is -0.424 e. The standard InChI is InChI=1S/C12H17BO3S2/c1-12(2,3)10(14)9-7-8(5-6-13(15)16)11(17-4)18-9/h5-7,15-16H,1-4H3/b6-5+. The molecule has 0 radical (unpaired) electrons. The molecule has 3 nitrogen and oxygen atoms in total. The Balaban J connectivity index is 3.09. The third-order valence-corrected chi connectivity index (χ3v) is 4.56. The van der Waals surface area contributed by atoms with Crippen molar-refractivity contribution in [3.8, 4) is 0 Å². The number of Topliss-reactive ketones (excluding diaryl/α,β-unsaturated/α-hetero) is 1. The van der Waals surface area contributed by atoms with Crippen molar-refractivity contribution < 1.29 is 14.8 Å².